The van der Waals surface area contributed by atoms with E-state index in [4.69, 9.17) is 16.3 Å². The van der Waals surface area contributed by atoms with Gasteiger partial charge in [-0.15, -0.1) is 10.2 Å². The molecule has 1 saturated carbocycles. The number of aromatic nitrogens is 3. The predicted molar refractivity (Wildman–Crippen MR) is 110 cm³/mol. The molecule has 0 atom stereocenters. The van der Waals surface area contributed by atoms with Gasteiger partial charge in [0, 0.05) is 17.8 Å². The summed E-state index contributed by atoms with van der Waals surface area (Å²) in [6.45, 7) is 0.203. The molecule has 1 fully saturated rings. The summed E-state index contributed by atoms with van der Waals surface area (Å²) in [6.07, 6.45) is 2.01. The van der Waals surface area contributed by atoms with E-state index < -0.39 is 11.6 Å². The zero-order valence-electron chi connectivity index (χ0n) is 15.6. The van der Waals surface area contributed by atoms with Gasteiger partial charge in [-0.25, -0.2) is 8.78 Å². The van der Waals surface area contributed by atoms with Gasteiger partial charge in [0.1, 0.15) is 12.4 Å². The molecule has 0 saturated heterocycles. The first-order valence-corrected chi connectivity index (χ1v) is 10.6. The van der Waals surface area contributed by atoms with Gasteiger partial charge in [0.25, 0.3) is 0 Å². The van der Waals surface area contributed by atoms with Crippen molar-refractivity contribution in [2.75, 3.05) is 11.1 Å². The van der Waals surface area contributed by atoms with Crippen molar-refractivity contribution in [3.05, 3.63) is 64.9 Å². The fourth-order valence-corrected chi connectivity index (χ4v) is 3.82. The average Bonchev–Trinajstić information content (AvgIpc) is 3.48. The van der Waals surface area contributed by atoms with Crippen LogP contribution in [0.25, 0.3) is 0 Å². The van der Waals surface area contributed by atoms with E-state index >= 15 is 0 Å². The molecule has 30 heavy (non-hydrogen) atoms. The molecule has 10 heteroatoms. The molecular formula is C20H17ClF2N4O2S. The van der Waals surface area contributed by atoms with E-state index in [0.29, 0.717) is 21.8 Å². The summed E-state index contributed by atoms with van der Waals surface area (Å²) < 4.78 is 34.0. The van der Waals surface area contributed by atoms with Gasteiger partial charge in [-0.2, -0.15) is 0 Å². The van der Waals surface area contributed by atoms with Crippen LogP contribution < -0.4 is 10.1 Å². The third-order valence-corrected chi connectivity index (χ3v) is 5.63. The molecule has 0 unspecified atom stereocenters. The van der Waals surface area contributed by atoms with E-state index in [-0.39, 0.29) is 30.0 Å². The van der Waals surface area contributed by atoms with Gasteiger partial charge in [-0.1, -0.05) is 35.5 Å². The highest BCUT2D eigenvalue weighted by atomic mass is 35.5. The van der Waals surface area contributed by atoms with Crippen LogP contribution >= 0.6 is 23.4 Å². The van der Waals surface area contributed by atoms with Crippen LogP contribution in [0.15, 0.2) is 47.6 Å². The second kappa shape index (κ2) is 9.01. The highest BCUT2D eigenvalue weighted by Gasteiger charge is 2.30. The Labute approximate surface area is 180 Å². The average molecular weight is 451 g/mol. The van der Waals surface area contributed by atoms with E-state index in [0.717, 1.165) is 25.0 Å². The third-order valence-electron chi connectivity index (χ3n) is 4.38. The van der Waals surface area contributed by atoms with E-state index in [9.17, 15) is 13.6 Å². The molecule has 156 valence electrons. The maximum Gasteiger partial charge on any atom is 0.234 e. The molecule has 1 aromatic heterocycles. The Hall–Kier alpha value is -2.65. The van der Waals surface area contributed by atoms with Crippen molar-refractivity contribution >= 4 is 35.0 Å². The topological polar surface area (TPSA) is 69.0 Å². The number of rotatable bonds is 8. The van der Waals surface area contributed by atoms with E-state index in [1.165, 1.54) is 17.8 Å². The lowest BCUT2D eigenvalue weighted by molar-refractivity contribution is -0.113. The van der Waals surface area contributed by atoms with Gasteiger partial charge in [0.2, 0.25) is 5.91 Å². The molecule has 1 aliphatic carbocycles. The largest absolute Gasteiger partial charge is 0.484 e. The normalized spacial score (nSPS) is 13.3. The zero-order valence-corrected chi connectivity index (χ0v) is 17.2. The van der Waals surface area contributed by atoms with Gasteiger partial charge in [-0.05, 0) is 37.1 Å². The Kier molecular flexibility index (Phi) is 6.19. The minimum absolute atomic E-state index is 0.0508. The minimum atomic E-state index is -1.02. The van der Waals surface area contributed by atoms with Crippen molar-refractivity contribution in [3.63, 3.8) is 0 Å². The van der Waals surface area contributed by atoms with Crippen LogP contribution in [0, 0.1) is 11.6 Å². The fourth-order valence-electron chi connectivity index (χ4n) is 2.81. The summed E-state index contributed by atoms with van der Waals surface area (Å²) in [5, 5.41) is 12.1. The summed E-state index contributed by atoms with van der Waals surface area (Å²) >= 11 is 7.34. The van der Waals surface area contributed by atoms with Gasteiger partial charge in [0.05, 0.1) is 10.8 Å². The fraction of sp³-hybridized carbons (Fsp3) is 0.250. The first-order chi connectivity index (χ1) is 14.5. The number of ether oxygens (including phenoxy) is 1. The van der Waals surface area contributed by atoms with Crippen LogP contribution in [0.4, 0.5) is 14.5 Å². The summed E-state index contributed by atoms with van der Waals surface area (Å²) in [4.78, 5) is 12.2. The Morgan fingerprint density at radius 1 is 1.20 bits per heavy atom. The molecular weight excluding hydrogens is 434 g/mol. The highest BCUT2D eigenvalue weighted by Crippen LogP contribution is 2.39. The number of thioether (sulfide) groups is 1. The van der Waals surface area contributed by atoms with Crippen molar-refractivity contribution in [1.82, 2.24) is 14.8 Å². The lowest BCUT2D eigenvalue weighted by Gasteiger charge is -2.11. The molecule has 0 spiro atoms. The number of hydrogen-bond donors (Lipinski definition) is 1. The summed E-state index contributed by atoms with van der Waals surface area (Å²) in [7, 11) is 0. The SMILES string of the molecule is O=C(CSc1nnc(COc2ccccc2Cl)n1C1CC1)Nc1ccc(F)c(F)c1. The quantitative estimate of drug-likeness (QED) is 0.496. The van der Waals surface area contributed by atoms with E-state index in [1.54, 1.807) is 12.1 Å². The van der Waals surface area contributed by atoms with Crippen molar-refractivity contribution < 1.29 is 18.3 Å². The minimum Gasteiger partial charge on any atom is -0.484 e. The number of benzene rings is 2. The predicted octanol–water partition coefficient (Wildman–Crippen LogP) is 4.85. The highest BCUT2D eigenvalue weighted by molar-refractivity contribution is 7.99. The van der Waals surface area contributed by atoms with Crippen molar-refractivity contribution in [3.8, 4) is 5.75 Å². The Balaban J connectivity index is 1.39. The van der Waals surface area contributed by atoms with Gasteiger partial charge in [-0.3, -0.25) is 9.36 Å². The van der Waals surface area contributed by atoms with E-state index in [2.05, 4.69) is 15.5 Å². The number of carbonyl (C=O) groups excluding carboxylic acids is 1. The second-order valence-corrected chi connectivity index (χ2v) is 8.03. The number of amides is 1. The molecule has 1 aliphatic rings. The number of para-hydroxylation sites is 1. The lowest BCUT2D eigenvalue weighted by atomic mass is 10.3. The van der Waals surface area contributed by atoms with Gasteiger partial charge < -0.3 is 10.1 Å². The second-order valence-electron chi connectivity index (χ2n) is 6.68. The van der Waals surface area contributed by atoms with Crippen LogP contribution in [-0.4, -0.2) is 26.4 Å². The maximum absolute atomic E-state index is 13.3. The number of nitrogens with zero attached hydrogens (tertiary/aromatic N) is 3. The maximum atomic E-state index is 13.3. The molecule has 0 radical (unpaired) electrons. The van der Waals surface area contributed by atoms with Crippen molar-refractivity contribution in [1.29, 1.82) is 0 Å². The number of hydrogen-bond acceptors (Lipinski definition) is 5. The number of anilines is 1. The lowest BCUT2D eigenvalue weighted by Crippen LogP contribution is -2.15. The van der Waals surface area contributed by atoms with Crippen LogP contribution in [-0.2, 0) is 11.4 Å². The molecule has 0 bridgehead atoms. The van der Waals surface area contributed by atoms with E-state index in [1.807, 2.05) is 16.7 Å². The number of halogens is 3. The summed E-state index contributed by atoms with van der Waals surface area (Å²) in [5.74, 6) is -1.07. The Morgan fingerprint density at radius 2 is 2.00 bits per heavy atom. The van der Waals surface area contributed by atoms with Crippen LogP contribution in [0.1, 0.15) is 24.7 Å². The van der Waals surface area contributed by atoms with Crippen LogP contribution in [0.5, 0.6) is 5.75 Å². The summed E-state index contributed by atoms with van der Waals surface area (Å²) in [5.41, 5.74) is 0.192. The molecule has 2 aromatic carbocycles. The molecule has 6 nitrogen and oxygen atoms in total. The van der Waals surface area contributed by atoms with Crippen molar-refractivity contribution in [2.24, 2.45) is 0 Å². The summed E-state index contributed by atoms with van der Waals surface area (Å²) in [6, 6.07) is 10.7. The van der Waals surface area contributed by atoms with Gasteiger partial charge in [0.15, 0.2) is 22.6 Å². The van der Waals surface area contributed by atoms with Crippen LogP contribution in [0.3, 0.4) is 0 Å². The number of nitrogens with one attached hydrogen (secondary N) is 1. The first-order valence-electron chi connectivity index (χ1n) is 9.20. The first kappa shape index (κ1) is 20.6. The van der Waals surface area contributed by atoms with Crippen molar-refractivity contribution in [2.45, 2.75) is 30.6 Å². The zero-order chi connectivity index (χ0) is 21.1. The number of carbonyl (C=O) groups is 1. The Bertz CT molecular complexity index is 1070. The molecule has 1 heterocycles. The Morgan fingerprint density at radius 3 is 2.73 bits per heavy atom. The molecule has 3 aromatic rings. The van der Waals surface area contributed by atoms with Crippen LogP contribution in [0.2, 0.25) is 5.02 Å². The monoisotopic (exact) mass is 450 g/mol. The standard InChI is InChI=1S/C20H17ClF2N4O2S/c21-14-3-1-2-4-17(14)29-10-18-25-26-20(27(18)13-6-7-13)30-11-19(28)24-12-5-8-15(22)16(23)9-12/h1-5,8-9,13H,6-7,10-11H2,(H,24,28). The van der Waals surface area contributed by atoms with Gasteiger partial charge >= 0.3 is 0 Å². The molecule has 0 aliphatic heterocycles. The third kappa shape index (κ3) is 4.91. The molecule has 1 N–H and O–H groups in total. The smallest absolute Gasteiger partial charge is 0.234 e. The molecule has 4 rings (SSSR count). The molecule has 1 amide bonds.